The van der Waals surface area contributed by atoms with Gasteiger partial charge in [0.25, 0.3) is 0 Å². The number of nitrogens with two attached hydrogens (primary N) is 2. The smallest absolute Gasteiger partial charge is 0.326 e. The lowest BCUT2D eigenvalue weighted by Gasteiger charge is -2.20. The van der Waals surface area contributed by atoms with Crippen LogP contribution < -0.4 is 11.5 Å². The lowest BCUT2D eigenvalue weighted by molar-refractivity contribution is -0.147. The van der Waals surface area contributed by atoms with E-state index in [0.29, 0.717) is 13.0 Å². The van der Waals surface area contributed by atoms with Gasteiger partial charge in [-0.05, 0) is 19.8 Å². The molecule has 1 rings (SSSR count). The van der Waals surface area contributed by atoms with Gasteiger partial charge in [0.1, 0.15) is 12.1 Å². The first-order valence-electron chi connectivity index (χ1n) is 5.52. The average Bonchev–Trinajstić information content (AvgIpc) is 2.77. The van der Waals surface area contributed by atoms with Crippen LogP contribution in [0.1, 0.15) is 19.8 Å². The maximum Gasteiger partial charge on any atom is 0.326 e. The second-order valence-corrected chi connectivity index (χ2v) is 3.91. The Morgan fingerprint density at radius 1 is 1.39 bits per heavy atom. The zero-order chi connectivity index (χ0) is 14.3. The molecule has 1 aliphatic rings. The summed E-state index contributed by atoms with van der Waals surface area (Å²) in [7, 11) is 0. The van der Waals surface area contributed by atoms with E-state index in [1.165, 1.54) is 11.8 Å². The standard InChI is InChI=1S/C7H12N2O3.C3H7NO2/c8-4-6(10)9-3-1-2-5(9)7(11)12;1-2(4)3(5)6/h5H,1-4,8H2,(H,11,12);2H,4H2,1H3,(H,5,6)/t5-;/m0./s1. The van der Waals surface area contributed by atoms with Gasteiger partial charge in [0, 0.05) is 6.54 Å². The van der Waals surface area contributed by atoms with Crippen molar-refractivity contribution in [3.63, 3.8) is 0 Å². The number of carbonyl (C=O) groups is 3. The Kier molecular flexibility index (Phi) is 6.91. The van der Waals surface area contributed by atoms with Crippen molar-refractivity contribution < 1.29 is 24.6 Å². The first kappa shape index (κ1) is 16.3. The number of likely N-dealkylation sites (tertiary alicyclic amines) is 1. The number of carbonyl (C=O) groups excluding carboxylic acids is 1. The highest BCUT2D eigenvalue weighted by Crippen LogP contribution is 2.16. The summed E-state index contributed by atoms with van der Waals surface area (Å²) >= 11 is 0. The van der Waals surface area contributed by atoms with Crippen molar-refractivity contribution in [2.45, 2.75) is 31.8 Å². The van der Waals surface area contributed by atoms with Crippen molar-refractivity contribution in [2.24, 2.45) is 11.5 Å². The van der Waals surface area contributed by atoms with Crippen molar-refractivity contribution in [1.82, 2.24) is 4.90 Å². The van der Waals surface area contributed by atoms with Gasteiger partial charge in [0.05, 0.1) is 6.54 Å². The highest BCUT2D eigenvalue weighted by molar-refractivity contribution is 5.85. The molecule has 1 amide bonds. The van der Waals surface area contributed by atoms with E-state index in [-0.39, 0.29) is 12.5 Å². The summed E-state index contributed by atoms with van der Waals surface area (Å²) in [5, 5.41) is 16.6. The first-order chi connectivity index (χ1) is 8.31. The maximum atomic E-state index is 11.1. The van der Waals surface area contributed by atoms with Crippen LogP contribution in [0.15, 0.2) is 0 Å². The van der Waals surface area contributed by atoms with E-state index in [1.54, 1.807) is 0 Å². The summed E-state index contributed by atoms with van der Waals surface area (Å²) < 4.78 is 0. The molecule has 104 valence electrons. The third-order valence-corrected chi connectivity index (χ3v) is 2.42. The molecule has 1 aliphatic heterocycles. The lowest BCUT2D eigenvalue weighted by atomic mass is 10.2. The minimum atomic E-state index is -0.963. The van der Waals surface area contributed by atoms with Gasteiger partial charge in [-0.2, -0.15) is 0 Å². The van der Waals surface area contributed by atoms with Gasteiger partial charge in [0.15, 0.2) is 0 Å². The highest BCUT2D eigenvalue weighted by Gasteiger charge is 2.32. The molecular weight excluding hydrogens is 242 g/mol. The largest absolute Gasteiger partial charge is 0.480 e. The molecule has 1 fully saturated rings. The molecule has 8 nitrogen and oxygen atoms in total. The van der Waals surface area contributed by atoms with Gasteiger partial charge in [-0.25, -0.2) is 4.79 Å². The fourth-order valence-electron chi connectivity index (χ4n) is 1.44. The van der Waals surface area contributed by atoms with Crippen LogP contribution in [-0.4, -0.2) is 58.1 Å². The quantitative estimate of drug-likeness (QED) is 0.480. The second kappa shape index (κ2) is 7.62. The third kappa shape index (κ3) is 5.11. The Hall–Kier alpha value is -1.67. The number of carboxylic acids is 2. The molecule has 2 atom stereocenters. The lowest BCUT2D eigenvalue weighted by Crippen LogP contribution is -2.43. The highest BCUT2D eigenvalue weighted by atomic mass is 16.4. The molecule has 8 heteroatoms. The molecule has 1 saturated heterocycles. The Morgan fingerprint density at radius 2 is 1.89 bits per heavy atom. The molecular formula is C10H19N3O5. The minimum Gasteiger partial charge on any atom is -0.480 e. The van der Waals surface area contributed by atoms with Crippen LogP contribution in [0.5, 0.6) is 0 Å². The van der Waals surface area contributed by atoms with Crippen LogP contribution in [0.4, 0.5) is 0 Å². The van der Waals surface area contributed by atoms with E-state index in [4.69, 9.17) is 21.7 Å². The van der Waals surface area contributed by atoms with Gasteiger partial charge < -0.3 is 26.6 Å². The first-order valence-corrected chi connectivity index (χ1v) is 5.52. The van der Waals surface area contributed by atoms with E-state index < -0.39 is 24.0 Å². The van der Waals surface area contributed by atoms with Crippen molar-refractivity contribution in [2.75, 3.05) is 13.1 Å². The Bertz CT molecular complexity index is 319. The fourth-order valence-corrected chi connectivity index (χ4v) is 1.44. The topological polar surface area (TPSA) is 147 Å². The molecule has 0 aromatic heterocycles. The van der Waals surface area contributed by atoms with Gasteiger partial charge in [-0.15, -0.1) is 0 Å². The van der Waals surface area contributed by atoms with E-state index in [0.717, 1.165) is 6.42 Å². The van der Waals surface area contributed by atoms with Crippen LogP contribution in [0.2, 0.25) is 0 Å². The number of carboxylic acid groups (broad SMARTS) is 2. The zero-order valence-electron chi connectivity index (χ0n) is 10.2. The van der Waals surface area contributed by atoms with Crippen LogP contribution in [0.25, 0.3) is 0 Å². The molecule has 0 spiro atoms. The van der Waals surface area contributed by atoms with Crippen molar-refractivity contribution >= 4 is 17.8 Å². The monoisotopic (exact) mass is 261 g/mol. The van der Waals surface area contributed by atoms with Crippen molar-refractivity contribution in [3.05, 3.63) is 0 Å². The van der Waals surface area contributed by atoms with Gasteiger partial charge in [-0.3, -0.25) is 9.59 Å². The molecule has 6 N–H and O–H groups in total. The summed E-state index contributed by atoms with van der Waals surface area (Å²) in [4.78, 5) is 32.6. The molecule has 0 aliphatic carbocycles. The van der Waals surface area contributed by atoms with Crippen LogP contribution >= 0.6 is 0 Å². The molecule has 0 saturated carbocycles. The molecule has 1 unspecified atom stereocenters. The number of hydrogen-bond acceptors (Lipinski definition) is 5. The molecule has 18 heavy (non-hydrogen) atoms. The predicted molar refractivity (Wildman–Crippen MR) is 62.7 cm³/mol. The summed E-state index contributed by atoms with van der Waals surface area (Å²) in [6.45, 7) is 1.83. The minimum absolute atomic E-state index is 0.107. The summed E-state index contributed by atoms with van der Waals surface area (Å²) in [6.07, 6.45) is 1.30. The number of rotatable bonds is 3. The molecule has 0 aromatic carbocycles. The van der Waals surface area contributed by atoms with Crippen LogP contribution in [0, 0.1) is 0 Å². The van der Waals surface area contributed by atoms with Crippen molar-refractivity contribution in [1.29, 1.82) is 0 Å². The molecule has 1 heterocycles. The molecule has 0 aromatic rings. The molecule has 0 bridgehead atoms. The van der Waals surface area contributed by atoms with E-state index in [9.17, 15) is 14.4 Å². The predicted octanol–water partition coefficient (Wildman–Crippen LogP) is -1.56. The fraction of sp³-hybridized carbons (Fsp3) is 0.700. The van der Waals surface area contributed by atoms with Crippen molar-refractivity contribution in [3.8, 4) is 0 Å². The molecule has 0 radical (unpaired) electrons. The maximum absolute atomic E-state index is 11.1. The normalized spacial score (nSPS) is 19.7. The van der Waals surface area contributed by atoms with E-state index >= 15 is 0 Å². The van der Waals surface area contributed by atoms with E-state index in [1.807, 2.05) is 0 Å². The average molecular weight is 261 g/mol. The van der Waals surface area contributed by atoms with Gasteiger partial charge in [-0.1, -0.05) is 0 Å². The zero-order valence-corrected chi connectivity index (χ0v) is 10.2. The summed E-state index contributed by atoms with van der Waals surface area (Å²) in [6, 6.07) is -1.38. The Morgan fingerprint density at radius 3 is 2.22 bits per heavy atom. The van der Waals surface area contributed by atoms with E-state index in [2.05, 4.69) is 0 Å². The van der Waals surface area contributed by atoms with Gasteiger partial charge >= 0.3 is 11.9 Å². The number of nitrogens with zero attached hydrogens (tertiary/aromatic N) is 1. The van der Waals surface area contributed by atoms with Crippen LogP contribution in [0.3, 0.4) is 0 Å². The third-order valence-electron chi connectivity index (χ3n) is 2.42. The summed E-state index contributed by atoms with van der Waals surface area (Å²) in [5.74, 6) is -2.18. The Balaban J connectivity index is 0.000000411. The van der Waals surface area contributed by atoms with Crippen LogP contribution in [-0.2, 0) is 14.4 Å². The summed E-state index contributed by atoms with van der Waals surface area (Å²) in [5.41, 5.74) is 9.97. The number of hydrogen-bond donors (Lipinski definition) is 4. The SMILES string of the molecule is CC(N)C(=O)O.NCC(=O)N1CCC[C@H]1C(=O)O. The number of aliphatic carboxylic acids is 2. The Labute approximate surface area is 105 Å². The number of amides is 1. The second-order valence-electron chi connectivity index (χ2n) is 3.91. The van der Waals surface area contributed by atoms with Gasteiger partial charge in [0.2, 0.25) is 5.91 Å².